The van der Waals surface area contributed by atoms with E-state index in [1.54, 1.807) is 0 Å². The summed E-state index contributed by atoms with van der Waals surface area (Å²) in [5.41, 5.74) is 3.67. The number of rotatable bonds is 5. The van der Waals surface area contributed by atoms with Gasteiger partial charge in [-0.25, -0.2) is 0 Å². The van der Waals surface area contributed by atoms with Crippen LogP contribution in [-0.2, 0) is 6.42 Å². The maximum atomic E-state index is 5.05. The predicted molar refractivity (Wildman–Crippen MR) is 119 cm³/mol. The van der Waals surface area contributed by atoms with E-state index < -0.39 is 7.92 Å². The Morgan fingerprint density at radius 2 is 1.37 bits per heavy atom. The highest BCUT2D eigenvalue weighted by Crippen LogP contribution is 2.47. The van der Waals surface area contributed by atoms with Gasteiger partial charge in [-0.15, -0.1) is 0 Å². The third-order valence-corrected chi connectivity index (χ3v) is 7.44. The molecule has 0 radical (unpaired) electrons. The Morgan fingerprint density at radius 3 is 1.93 bits per heavy atom. The normalized spacial score (nSPS) is 15.3. The van der Waals surface area contributed by atoms with Gasteiger partial charge in [0.1, 0.15) is 0 Å². The van der Waals surface area contributed by atoms with Gasteiger partial charge >= 0.3 is 0 Å². The van der Waals surface area contributed by atoms with Gasteiger partial charge in [-0.2, -0.15) is 0 Å². The third kappa shape index (κ3) is 4.10. The minimum atomic E-state index is -0.566. The fourth-order valence-electron chi connectivity index (χ4n) is 3.47. The molecule has 0 saturated heterocycles. The van der Waals surface area contributed by atoms with Gasteiger partial charge in [0.15, 0.2) is 0 Å². The van der Waals surface area contributed by atoms with Crippen LogP contribution < -0.4 is 10.6 Å². The first-order valence-corrected chi connectivity index (χ1v) is 11.0. The molecular formula is C25H24NP. The molecule has 0 bridgehead atoms. The average Bonchev–Trinajstić information content (AvgIpc) is 3.18. The zero-order chi connectivity index (χ0) is 18.5. The lowest BCUT2D eigenvalue weighted by molar-refractivity contribution is 1.13. The maximum Gasteiger partial charge on any atom is 0.0633 e. The van der Waals surface area contributed by atoms with Gasteiger partial charge < -0.3 is 0 Å². The summed E-state index contributed by atoms with van der Waals surface area (Å²) in [4.78, 5) is 5.05. The second-order valence-electron chi connectivity index (χ2n) is 6.71. The van der Waals surface area contributed by atoms with Crippen LogP contribution in [0, 0.1) is 0 Å². The van der Waals surface area contributed by atoms with Crippen molar-refractivity contribution < 1.29 is 0 Å². The third-order valence-electron chi connectivity index (χ3n) is 4.89. The number of benzene rings is 3. The van der Waals surface area contributed by atoms with Gasteiger partial charge in [0.05, 0.1) is 5.69 Å². The minimum Gasteiger partial charge on any atom is -0.253 e. The van der Waals surface area contributed by atoms with Crippen molar-refractivity contribution in [3.8, 4) is 0 Å². The highest BCUT2D eigenvalue weighted by molar-refractivity contribution is 7.78. The molecule has 0 spiro atoms. The molecule has 0 saturated carbocycles. The van der Waals surface area contributed by atoms with Crippen molar-refractivity contribution in [2.24, 2.45) is 4.99 Å². The summed E-state index contributed by atoms with van der Waals surface area (Å²) in [7, 11) is -0.566. The highest BCUT2D eigenvalue weighted by Gasteiger charge is 2.25. The summed E-state index contributed by atoms with van der Waals surface area (Å²) in [5, 5.41) is 4.20. The van der Waals surface area contributed by atoms with Gasteiger partial charge in [-0.1, -0.05) is 85.8 Å². The molecule has 27 heavy (non-hydrogen) atoms. The number of hydrogen-bond donors (Lipinski definition) is 0. The Labute approximate surface area is 163 Å². The SMILES string of the molecule is CCc1ccc(N=C2CCC=C2P(c2ccccc2)c2ccccc2)cc1. The molecule has 0 heterocycles. The van der Waals surface area contributed by atoms with Crippen molar-refractivity contribution in [3.63, 3.8) is 0 Å². The molecule has 0 aromatic heterocycles. The second-order valence-corrected chi connectivity index (χ2v) is 8.90. The van der Waals surface area contributed by atoms with E-state index >= 15 is 0 Å². The summed E-state index contributed by atoms with van der Waals surface area (Å²) in [6.07, 6.45) is 5.59. The van der Waals surface area contributed by atoms with E-state index in [4.69, 9.17) is 4.99 Å². The van der Waals surface area contributed by atoms with E-state index in [1.165, 1.54) is 27.2 Å². The molecule has 0 aliphatic heterocycles. The lowest BCUT2D eigenvalue weighted by atomic mass is 10.1. The smallest absolute Gasteiger partial charge is 0.0633 e. The lowest BCUT2D eigenvalue weighted by Gasteiger charge is -2.21. The van der Waals surface area contributed by atoms with Crippen molar-refractivity contribution in [2.75, 3.05) is 0 Å². The molecule has 3 aromatic rings. The van der Waals surface area contributed by atoms with Gasteiger partial charge in [-0.05, 0) is 55.5 Å². The van der Waals surface area contributed by atoms with Crippen LogP contribution in [0.4, 0.5) is 5.69 Å². The van der Waals surface area contributed by atoms with Crippen LogP contribution in [-0.4, -0.2) is 5.71 Å². The quantitative estimate of drug-likeness (QED) is 0.480. The van der Waals surface area contributed by atoms with E-state index in [0.717, 1.165) is 24.9 Å². The van der Waals surface area contributed by atoms with Crippen molar-refractivity contribution in [3.05, 3.63) is 102 Å². The highest BCUT2D eigenvalue weighted by atomic mass is 31.1. The van der Waals surface area contributed by atoms with Crippen LogP contribution in [0.5, 0.6) is 0 Å². The molecule has 2 heteroatoms. The molecule has 3 aromatic carbocycles. The second kappa shape index (κ2) is 8.46. The topological polar surface area (TPSA) is 12.4 Å². The van der Waals surface area contributed by atoms with Gasteiger partial charge in [0.2, 0.25) is 0 Å². The molecule has 0 N–H and O–H groups in total. The van der Waals surface area contributed by atoms with E-state index in [0.29, 0.717) is 0 Å². The zero-order valence-electron chi connectivity index (χ0n) is 15.7. The molecule has 134 valence electrons. The fourth-order valence-corrected chi connectivity index (χ4v) is 6.00. The van der Waals surface area contributed by atoms with Crippen LogP contribution in [0.15, 0.2) is 101 Å². The fraction of sp³-hybridized carbons (Fsp3) is 0.160. The van der Waals surface area contributed by atoms with E-state index in [1.807, 2.05) is 0 Å². The van der Waals surface area contributed by atoms with Crippen molar-refractivity contribution in [1.29, 1.82) is 0 Å². The number of hydrogen-bond acceptors (Lipinski definition) is 1. The van der Waals surface area contributed by atoms with Crippen molar-refractivity contribution in [2.45, 2.75) is 26.2 Å². The first kappa shape index (κ1) is 17.9. The summed E-state index contributed by atoms with van der Waals surface area (Å²) in [6, 6.07) is 30.5. The molecule has 0 fully saturated rings. The Balaban J connectivity index is 1.73. The first-order valence-electron chi connectivity index (χ1n) is 9.62. The lowest BCUT2D eigenvalue weighted by Crippen LogP contribution is -2.15. The molecule has 4 rings (SSSR count). The number of aliphatic imine (C=N–C) groups is 1. The van der Waals surface area contributed by atoms with Crippen molar-refractivity contribution in [1.82, 2.24) is 0 Å². The molecule has 0 amide bonds. The molecule has 1 aliphatic carbocycles. The first-order chi connectivity index (χ1) is 13.3. The molecule has 0 atom stereocenters. The number of nitrogens with zero attached hydrogens (tertiary/aromatic N) is 1. The van der Waals surface area contributed by atoms with E-state index in [-0.39, 0.29) is 0 Å². The van der Waals surface area contributed by atoms with Crippen molar-refractivity contribution >= 4 is 29.9 Å². The average molecular weight is 369 g/mol. The molecule has 1 nitrogen and oxygen atoms in total. The van der Waals surface area contributed by atoms with Crippen LogP contribution >= 0.6 is 7.92 Å². The maximum absolute atomic E-state index is 5.05. The summed E-state index contributed by atoms with van der Waals surface area (Å²) < 4.78 is 0. The van der Waals surface area contributed by atoms with Crippen LogP contribution in [0.1, 0.15) is 25.3 Å². The predicted octanol–water partition coefficient (Wildman–Crippen LogP) is 6.13. The van der Waals surface area contributed by atoms with Gasteiger partial charge in [-0.3, -0.25) is 4.99 Å². The number of aryl methyl sites for hydroxylation is 1. The Hall–Kier alpha value is -2.50. The number of allylic oxidation sites excluding steroid dienone is 2. The van der Waals surface area contributed by atoms with E-state index in [2.05, 4.69) is 97.9 Å². The Kier molecular flexibility index (Phi) is 5.61. The Morgan fingerprint density at radius 1 is 0.778 bits per heavy atom. The minimum absolute atomic E-state index is 0.566. The van der Waals surface area contributed by atoms with Gasteiger partial charge in [0, 0.05) is 11.0 Å². The Bertz CT molecular complexity index is 901. The largest absolute Gasteiger partial charge is 0.253 e. The van der Waals surface area contributed by atoms with Crippen LogP contribution in [0.3, 0.4) is 0 Å². The summed E-state index contributed by atoms with van der Waals surface area (Å²) >= 11 is 0. The van der Waals surface area contributed by atoms with Crippen LogP contribution in [0.2, 0.25) is 0 Å². The van der Waals surface area contributed by atoms with E-state index in [9.17, 15) is 0 Å². The standard InChI is InChI=1S/C25H24NP/c1-2-20-16-18-21(19-17-20)26-24-14-9-15-25(24)27(22-10-5-3-6-11-22)23-12-7-4-8-13-23/h3-8,10-13,15-19H,2,9,14H2,1H3. The van der Waals surface area contributed by atoms with Crippen LogP contribution in [0.25, 0.3) is 0 Å². The monoisotopic (exact) mass is 369 g/mol. The summed E-state index contributed by atoms with van der Waals surface area (Å²) in [5.74, 6) is 0. The zero-order valence-corrected chi connectivity index (χ0v) is 16.6. The molecule has 0 unspecified atom stereocenters. The molecule has 1 aliphatic rings. The summed E-state index contributed by atoms with van der Waals surface area (Å²) in [6.45, 7) is 2.19. The van der Waals surface area contributed by atoms with Gasteiger partial charge in [0.25, 0.3) is 0 Å². The molecular weight excluding hydrogens is 345 g/mol.